The monoisotopic (exact) mass is 359 g/mol. The first kappa shape index (κ1) is 23.3. The first-order chi connectivity index (χ1) is 11.6. The van der Waals surface area contributed by atoms with Crippen molar-refractivity contribution in [1.82, 2.24) is 15.3 Å². The summed E-state index contributed by atoms with van der Waals surface area (Å²) in [6, 6.07) is -0.774. The fraction of sp³-hybridized carbons (Fsp3) is 0.824. The van der Waals surface area contributed by atoms with Crippen LogP contribution in [0.1, 0.15) is 47.0 Å². The predicted octanol–water partition coefficient (Wildman–Crippen LogP) is 0.622. The van der Waals surface area contributed by atoms with Gasteiger partial charge in [-0.05, 0) is 11.8 Å². The molecule has 146 valence electrons. The number of hydroxylamine groups is 2. The third-order valence-electron chi connectivity index (χ3n) is 4.02. The van der Waals surface area contributed by atoms with E-state index in [1.807, 2.05) is 27.7 Å². The van der Waals surface area contributed by atoms with Gasteiger partial charge in [0.25, 0.3) is 0 Å². The zero-order valence-corrected chi connectivity index (χ0v) is 16.0. The first-order valence-corrected chi connectivity index (χ1v) is 8.65. The molecule has 0 radical (unpaired) electrons. The van der Waals surface area contributed by atoms with E-state index in [1.54, 1.807) is 7.05 Å². The van der Waals surface area contributed by atoms with E-state index in [2.05, 4.69) is 5.32 Å². The van der Waals surface area contributed by atoms with Gasteiger partial charge in [0.15, 0.2) is 0 Å². The molecular formula is C17H33N3O5. The van der Waals surface area contributed by atoms with Crippen LogP contribution in [-0.4, -0.2) is 71.3 Å². The Balaban J connectivity index is 5.24. The molecule has 8 heteroatoms. The van der Waals surface area contributed by atoms with Gasteiger partial charge in [-0.25, -0.2) is 5.06 Å². The van der Waals surface area contributed by atoms with Crippen LogP contribution in [0.2, 0.25) is 0 Å². The number of carbonyl (C=O) groups is 3. The smallest absolute Gasteiger partial charge is 0.245 e. The molecule has 0 saturated carbocycles. The van der Waals surface area contributed by atoms with Crippen LogP contribution in [0.25, 0.3) is 0 Å². The summed E-state index contributed by atoms with van der Waals surface area (Å²) in [6.45, 7) is 7.40. The SMILES string of the molecule is CCCC[C@@H](CN(O)C=O)C(=O)NC(C(=O)N(C)CCO)C(C)(C)C. The minimum Gasteiger partial charge on any atom is -0.395 e. The van der Waals surface area contributed by atoms with Crippen molar-refractivity contribution < 1.29 is 24.7 Å². The molecule has 0 saturated heterocycles. The molecule has 8 nitrogen and oxygen atoms in total. The minimum atomic E-state index is -0.774. The second-order valence-electron chi connectivity index (χ2n) is 7.36. The fourth-order valence-electron chi connectivity index (χ4n) is 2.41. The summed E-state index contributed by atoms with van der Waals surface area (Å²) in [5, 5.41) is 21.7. The topological polar surface area (TPSA) is 110 Å². The highest BCUT2D eigenvalue weighted by Gasteiger charge is 2.36. The standard InChI is InChI=1S/C17H33N3O5/c1-6-7-8-13(11-20(25)12-22)15(23)18-14(17(2,3)4)16(24)19(5)9-10-21/h12-14,21,25H,6-11H2,1-5H3,(H,18,23)/t13-,14?/m0/s1. The normalized spacial score (nSPS) is 13.7. The summed E-state index contributed by atoms with van der Waals surface area (Å²) in [5.74, 6) is -1.27. The van der Waals surface area contributed by atoms with Crippen molar-refractivity contribution in [3.05, 3.63) is 0 Å². The Bertz CT molecular complexity index is 436. The Labute approximate surface area is 150 Å². The summed E-state index contributed by atoms with van der Waals surface area (Å²) in [4.78, 5) is 37.3. The third kappa shape index (κ3) is 8.31. The van der Waals surface area contributed by atoms with Crippen LogP contribution in [0.4, 0.5) is 0 Å². The highest BCUT2D eigenvalue weighted by Crippen LogP contribution is 2.22. The van der Waals surface area contributed by atoms with Crippen molar-refractivity contribution in [2.75, 3.05) is 26.7 Å². The lowest BCUT2D eigenvalue weighted by Crippen LogP contribution is -2.56. The molecule has 1 unspecified atom stereocenters. The van der Waals surface area contributed by atoms with E-state index < -0.39 is 17.4 Å². The summed E-state index contributed by atoms with van der Waals surface area (Å²) >= 11 is 0. The Kier molecular flexibility index (Phi) is 10.3. The number of carbonyl (C=O) groups excluding carboxylic acids is 3. The van der Waals surface area contributed by atoms with Gasteiger partial charge in [0.1, 0.15) is 6.04 Å². The van der Waals surface area contributed by atoms with Crippen LogP contribution in [0.5, 0.6) is 0 Å². The van der Waals surface area contributed by atoms with E-state index in [1.165, 1.54) is 4.90 Å². The lowest BCUT2D eigenvalue weighted by atomic mass is 9.85. The second kappa shape index (κ2) is 11.0. The molecule has 0 aliphatic rings. The highest BCUT2D eigenvalue weighted by atomic mass is 16.5. The van der Waals surface area contributed by atoms with Gasteiger partial charge in [0.2, 0.25) is 18.2 Å². The van der Waals surface area contributed by atoms with Crippen molar-refractivity contribution in [3.8, 4) is 0 Å². The summed E-state index contributed by atoms with van der Waals surface area (Å²) < 4.78 is 0. The van der Waals surface area contributed by atoms with Gasteiger partial charge in [-0.3, -0.25) is 19.6 Å². The van der Waals surface area contributed by atoms with Crippen LogP contribution in [0.15, 0.2) is 0 Å². The summed E-state index contributed by atoms with van der Waals surface area (Å²) in [7, 11) is 1.57. The zero-order valence-electron chi connectivity index (χ0n) is 16.0. The molecule has 0 aromatic carbocycles. The van der Waals surface area contributed by atoms with Crippen molar-refractivity contribution >= 4 is 18.2 Å². The molecule has 0 aliphatic heterocycles. The molecule has 0 spiro atoms. The van der Waals surface area contributed by atoms with Gasteiger partial charge in [-0.2, -0.15) is 0 Å². The van der Waals surface area contributed by atoms with Gasteiger partial charge in [-0.15, -0.1) is 0 Å². The lowest BCUT2D eigenvalue weighted by molar-refractivity contribution is -0.155. The van der Waals surface area contributed by atoms with Crippen molar-refractivity contribution in [2.45, 2.75) is 53.0 Å². The molecule has 0 fully saturated rings. The Morgan fingerprint density at radius 2 is 1.88 bits per heavy atom. The number of amides is 3. The molecule has 0 bridgehead atoms. The van der Waals surface area contributed by atoms with Gasteiger partial charge in [0.05, 0.1) is 19.1 Å². The Morgan fingerprint density at radius 3 is 2.32 bits per heavy atom. The number of unbranched alkanes of at least 4 members (excludes halogenated alkanes) is 1. The van der Waals surface area contributed by atoms with Gasteiger partial charge in [-0.1, -0.05) is 40.5 Å². The highest BCUT2D eigenvalue weighted by molar-refractivity contribution is 5.89. The Morgan fingerprint density at radius 1 is 1.28 bits per heavy atom. The number of aliphatic hydroxyl groups excluding tert-OH is 1. The van der Waals surface area contributed by atoms with Gasteiger partial charge < -0.3 is 15.3 Å². The second-order valence-corrected chi connectivity index (χ2v) is 7.36. The molecule has 0 rings (SSSR count). The molecule has 3 N–H and O–H groups in total. The van der Waals surface area contributed by atoms with Gasteiger partial charge >= 0.3 is 0 Å². The number of hydrogen-bond donors (Lipinski definition) is 3. The number of rotatable bonds is 11. The van der Waals surface area contributed by atoms with Crippen LogP contribution in [0.3, 0.4) is 0 Å². The maximum Gasteiger partial charge on any atom is 0.245 e. The van der Waals surface area contributed by atoms with E-state index in [0.717, 1.165) is 12.8 Å². The third-order valence-corrected chi connectivity index (χ3v) is 4.02. The minimum absolute atomic E-state index is 0.118. The fourth-order valence-corrected chi connectivity index (χ4v) is 2.41. The maximum absolute atomic E-state index is 12.7. The molecule has 0 aromatic heterocycles. The molecular weight excluding hydrogens is 326 g/mol. The number of likely N-dealkylation sites (N-methyl/N-ethyl adjacent to an activating group) is 1. The van der Waals surface area contributed by atoms with E-state index >= 15 is 0 Å². The average molecular weight is 359 g/mol. The van der Waals surface area contributed by atoms with Crippen molar-refractivity contribution in [1.29, 1.82) is 0 Å². The van der Waals surface area contributed by atoms with E-state index in [0.29, 0.717) is 11.5 Å². The van der Waals surface area contributed by atoms with E-state index in [4.69, 9.17) is 5.11 Å². The molecule has 25 heavy (non-hydrogen) atoms. The molecule has 0 heterocycles. The first-order valence-electron chi connectivity index (χ1n) is 8.65. The van der Waals surface area contributed by atoms with Crippen molar-refractivity contribution in [2.24, 2.45) is 11.3 Å². The predicted molar refractivity (Wildman–Crippen MR) is 93.7 cm³/mol. The number of nitrogens with zero attached hydrogens (tertiary/aromatic N) is 2. The Hall–Kier alpha value is -1.67. The molecule has 0 aromatic rings. The van der Waals surface area contributed by atoms with Crippen LogP contribution in [-0.2, 0) is 14.4 Å². The molecule has 2 atom stereocenters. The quantitative estimate of drug-likeness (QED) is 0.285. The average Bonchev–Trinajstić information content (AvgIpc) is 2.54. The maximum atomic E-state index is 12.7. The van der Waals surface area contributed by atoms with Crippen LogP contribution >= 0.6 is 0 Å². The van der Waals surface area contributed by atoms with Crippen LogP contribution < -0.4 is 5.32 Å². The zero-order chi connectivity index (χ0) is 19.6. The summed E-state index contributed by atoms with van der Waals surface area (Å²) in [5.41, 5.74) is -0.532. The number of nitrogens with one attached hydrogen (secondary N) is 1. The van der Waals surface area contributed by atoms with E-state index in [-0.39, 0.29) is 37.9 Å². The van der Waals surface area contributed by atoms with Crippen LogP contribution in [0, 0.1) is 11.3 Å². The van der Waals surface area contributed by atoms with Gasteiger partial charge in [0, 0.05) is 13.6 Å². The largest absolute Gasteiger partial charge is 0.395 e. The lowest BCUT2D eigenvalue weighted by Gasteiger charge is -2.34. The number of hydrogen-bond acceptors (Lipinski definition) is 5. The van der Waals surface area contributed by atoms with Crippen molar-refractivity contribution in [3.63, 3.8) is 0 Å². The molecule has 3 amide bonds. The van der Waals surface area contributed by atoms with E-state index in [9.17, 15) is 19.6 Å². The number of aliphatic hydroxyl groups is 1. The summed E-state index contributed by atoms with van der Waals surface area (Å²) in [6.07, 6.45) is 2.40. The molecule has 0 aliphatic carbocycles.